The Morgan fingerprint density at radius 3 is 2.21 bits per heavy atom. The van der Waals surface area contributed by atoms with Gasteiger partial charge in [-0.25, -0.2) is 0 Å². The van der Waals surface area contributed by atoms with Gasteiger partial charge < -0.3 is 14.5 Å². The molecule has 29 heavy (non-hydrogen) atoms. The van der Waals surface area contributed by atoms with Gasteiger partial charge in [-0.3, -0.25) is 4.79 Å². The van der Waals surface area contributed by atoms with Crippen LogP contribution in [0.3, 0.4) is 0 Å². The number of nitrogens with zero attached hydrogens (tertiary/aromatic N) is 2. The maximum Gasteiger partial charge on any atom is 0.254 e. The number of anilines is 1. The molecule has 0 aromatic heterocycles. The molecule has 1 aliphatic rings. The molecular weight excluding hydrogens is 428 g/mol. The third kappa shape index (κ3) is 4.62. The molecule has 148 valence electrons. The molecule has 0 spiro atoms. The van der Waals surface area contributed by atoms with Crippen molar-refractivity contribution in [1.82, 2.24) is 4.90 Å². The summed E-state index contributed by atoms with van der Waals surface area (Å²) in [7, 11) is 0. The molecule has 3 aromatic rings. The van der Waals surface area contributed by atoms with Crippen LogP contribution in [0.15, 0.2) is 77.3 Å². The van der Waals surface area contributed by atoms with Crippen LogP contribution in [0.5, 0.6) is 11.5 Å². The SMILES string of the molecule is Cc1cc(Oc2ccccc2)ccc1C(=O)N1CCN(c2ccc(Br)cc2)CC1. The fraction of sp³-hybridized carbons (Fsp3) is 0.208. The van der Waals surface area contributed by atoms with Gasteiger partial charge in [-0.1, -0.05) is 34.1 Å². The molecule has 0 bridgehead atoms. The Labute approximate surface area is 179 Å². The summed E-state index contributed by atoms with van der Waals surface area (Å²) in [5.41, 5.74) is 2.86. The lowest BCUT2D eigenvalue weighted by Gasteiger charge is -2.36. The Bertz CT molecular complexity index is 982. The molecule has 5 heteroatoms. The highest BCUT2D eigenvalue weighted by atomic mass is 79.9. The van der Waals surface area contributed by atoms with Crippen molar-refractivity contribution in [3.05, 3.63) is 88.4 Å². The first-order valence-corrected chi connectivity index (χ1v) is 10.5. The van der Waals surface area contributed by atoms with Gasteiger partial charge in [0.15, 0.2) is 0 Å². The van der Waals surface area contributed by atoms with Crippen molar-refractivity contribution in [2.75, 3.05) is 31.1 Å². The zero-order chi connectivity index (χ0) is 20.2. The number of aryl methyl sites for hydroxylation is 1. The van der Waals surface area contributed by atoms with Crippen LogP contribution in [0.1, 0.15) is 15.9 Å². The monoisotopic (exact) mass is 450 g/mol. The van der Waals surface area contributed by atoms with Gasteiger partial charge in [0.05, 0.1) is 0 Å². The Balaban J connectivity index is 1.40. The van der Waals surface area contributed by atoms with E-state index < -0.39 is 0 Å². The quantitative estimate of drug-likeness (QED) is 0.524. The lowest BCUT2D eigenvalue weighted by molar-refractivity contribution is 0.0746. The number of amides is 1. The van der Waals surface area contributed by atoms with Gasteiger partial charge in [0, 0.05) is 41.9 Å². The summed E-state index contributed by atoms with van der Waals surface area (Å²) in [6.45, 7) is 5.07. The van der Waals surface area contributed by atoms with E-state index in [1.54, 1.807) is 0 Å². The predicted octanol–water partition coefficient (Wildman–Crippen LogP) is 5.51. The fourth-order valence-corrected chi connectivity index (χ4v) is 3.82. The van der Waals surface area contributed by atoms with E-state index in [1.807, 2.05) is 60.4 Å². The standard InChI is InChI=1S/C24H23BrN2O2/c1-18-17-22(29-21-5-3-2-4-6-21)11-12-23(18)24(28)27-15-13-26(14-16-27)20-9-7-19(25)8-10-20/h2-12,17H,13-16H2,1H3. The molecule has 0 aliphatic carbocycles. The molecule has 4 nitrogen and oxygen atoms in total. The molecule has 1 amide bonds. The molecule has 0 atom stereocenters. The van der Waals surface area contributed by atoms with E-state index in [2.05, 4.69) is 45.1 Å². The first kappa shape index (κ1) is 19.5. The summed E-state index contributed by atoms with van der Waals surface area (Å²) in [6.07, 6.45) is 0. The number of para-hydroxylation sites is 1. The second kappa shape index (κ2) is 8.70. The molecular formula is C24H23BrN2O2. The number of halogens is 1. The number of hydrogen-bond acceptors (Lipinski definition) is 3. The van der Waals surface area contributed by atoms with Crippen molar-refractivity contribution in [1.29, 1.82) is 0 Å². The zero-order valence-electron chi connectivity index (χ0n) is 16.3. The van der Waals surface area contributed by atoms with Gasteiger partial charge >= 0.3 is 0 Å². The van der Waals surface area contributed by atoms with Gasteiger partial charge in [-0.05, 0) is 67.1 Å². The summed E-state index contributed by atoms with van der Waals surface area (Å²) in [4.78, 5) is 17.3. The van der Waals surface area contributed by atoms with E-state index in [0.717, 1.165) is 53.3 Å². The highest BCUT2D eigenvalue weighted by molar-refractivity contribution is 9.10. The van der Waals surface area contributed by atoms with Gasteiger partial charge in [0.25, 0.3) is 5.91 Å². The van der Waals surface area contributed by atoms with Gasteiger partial charge in [-0.15, -0.1) is 0 Å². The molecule has 0 N–H and O–H groups in total. The molecule has 0 radical (unpaired) electrons. The van der Waals surface area contributed by atoms with E-state index in [0.29, 0.717) is 0 Å². The Kier molecular flexibility index (Phi) is 5.86. The van der Waals surface area contributed by atoms with Crippen LogP contribution < -0.4 is 9.64 Å². The summed E-state index contributed by atoms with van der Waals surface area (Å²) in [5, 5.41) is 0. The van der Waals surface area contributed by atoms with Crippen molar-refractivity contribution < 1.29 is 9.53 Å². The Morgan fingerprint density at radius 1 is 0.862 bits per heavy atom. The van der Waals surface area contributed by atoms with Crippen LogP contribution in [-0.2, 0) is 0 Å². The van der Waals surface area contributed by atoms with Gasteiger partial charge in [0.2, 0.25) is 0 Å². The zero-order valence-corrected chi connectivity index (χ0v) is 17.9. The second-order valence-corrected chi connectivity index (χ2v) is 8.06. The first-order valence-electron chi connectivity index (χ1n) is 9.73. The maximum absolute atomic E-state index is 13.0. The summed E-state index contributed by atoms with van der Waals surface area (Å²) >= 11 is 3.47. The fourth-order valence-electron chi connectivity index (χ4n) is 3.55. The molecule has 4 rings (SSSR count). The Hall–Kier alpha value is -2.79. The lowest BCUT2D eigenvalue weighted by atomic mass is 10.1. The Morgan fingerprint density at radius 2 is 1.55 bits per heavy atom. The normalized spacial score (nSPS) is 14.0. The van der Waals surface area contributed by atoms with Crippen LogP contribution in [-0.4, -0.2) is 37.0 Å². The molecule has 0 unspecified atom stereocenters. The van der Waals surface area contributed by atoms with Crippen molar-refractivity contribution in [2.24, 2.45) is 0 Å². The number of carbonyl (C=O) groups is 1. The number of hydrogen-bond donors (Lipinski definition) is 0. The number of benzene rings is 3. The van der Waals surface area contributed by atoms with Gasteiger partial charge in [-0.2, -0.15) is 0 Å². The third-order valence-electron chi connectivity index (χ3n) is 5.17. The van der Waals surface area contributed by atoms with Crippen molar-refractivity contribution in [3.63, 3.8) is 0 Å². The average Bonchev–Trinajstić information content (AvgIpc) is 2.75. The molecule has 3 aromatic carbocycles. The second-order valence-electron chi connectivity index (χ2n) is 7.15. The van der Waals surface area contributed by atoms with E-state index in [-0.39, 0.29) is 5.91 Å². The van der Waals surface area contributed by atoms with E-state index in [1.165, 1.54) is 5.69 Å². The number of rotatable bonds is 4. The molecule has 1 fully saturated rings. The number of carbonyl (C=O) groups excluding carboxylic acids is 1. The first-order chi connectivity index (χ1) is 14.1. The summed E-state index contributed by atoms with van der Waals surface area (Å²) in [6, 6.07) is 23.6. The molecule has 1 aliphatic heterocycles. The van der Waals surface area contributed by atoms with Crippen molar-refractivity contribution in [3.8, 4) is 11.5 Å². The van der Waals surface area contributed by atoms with Crippen LogP contribution in [0, 0.1) is 6.92 Å². The minimum Gasteiger partial charge on any atom is -0.457 e. The van der Waals surface area contributed by atoms with Crippen LogP contribution >= 0.6 is 15.9 Å². The number of piperazine rings is 1. The number of ether oxygens (including phenoxy) is 1. The van der Waals surface area contributed by atoms with Crippen LogP contribution in [0.2, 0.25) is 0 Å². The van der Waals surface area contributed by atoms with E-state index in [4.69, 9.17) is 4.74 Å². The van der Waals surface area contributed by atoms with E-state index >= 15 is 0 Å². The summed E-state index contributed by atoms with van der Waals surface area (Å²) < 4.78 is 6.95. The average molecular weight is 451 g/mol. The topological polar surface area (TPSA) is 32.8 Å². The smallest absolute Gasteiger partial charge is 0.254 e. The lowest BCUT2D eigenvalue weighted by Crippen LogP contribution is -2.48. The predicted molar refractivity (Wildman–Crippen MR) is 120 cm³/mol. The molecule has 1 saturated heterocycles. The highest BCUT2D eigenvalue weighted by Crippen LogP contribution is 2.25. The van der Waals surface area contributed by atoms with E-state index in [9.17, 15) is 4.79 Å². The third-order valence-corrected chi connectivity index (χ3v) is 5.69. The molecule has 0 saturated carbocycles. The minimum absolute atomic E-state index is 0.0872. The van der Waals surface area contributed by atoms with Crippen molar-refractivity contribution >= 4 is 27.5 Å². The van der Waals surface area contributed by atoms with Crippen LogP contribution in [0.25, 0.3) is 0 Å². The maximum atomic E-state index is 13.0. The highest BCUT2D eigenvalue weighted by Gasteiger charge is 2.23. The van der Waals surface area contributed by atoms with Crippen LogP contribution in [0.4, 0.5) is 5.69 Å². The van der Waals surface area contributed by atoms with Crippen molar-refractivity contribution in [2.45, 2.75) is 6.92 Å². The minimum atomic E-state index is 0.0872. The molecule has 1 heterocycles. The van der Waals surface area contributed by atoms with Gasteiger partial charge in [0.1, 0.15) is 11.5 Å². The summed E-state index contributed by atoms with van der Waals surface area (Å²) in [5.74, 6) is 1.62. The largest absolute Gasteiger partial charge is 0.457 e.